The molecule has 1 aliphatic heterocycles. The molecule has 7 nitrogen and oxygen atoms in total. The molecule has 1 aliphatic rings. The highest BCUT2D eigenvalue weighted by Crippen LogP contribution is 2.14. The minimum Gasteiger partial charge on any atom is -0.353 e. The van der Waals surface area contributed by atoms with Gasteiger partial charge in [0.25, 0.3) is 11.8 Å². The van der Waals surface area contributed by atoms with Gasteiger partial charge < -0.3 is 10.2 Å². The van der Waals surface area contributed by atoms with Crippen LogP contribution in [0.15, 0.2) is 30.3 Å². The SMILES string of the molecule is O=C(C=Cc1ccccc1C(=O)N1CCNC(=O)C1)NO. The van der Waals surface area contributed by atoms with E-state index in [0.29, 0.717) is 24.2 Å². The smallest absolute Gasteiger partial charge is 0.267 e. The van der Waals surface area contributed by atoms with Crippen LogP contribution in [0.3, 0.4) is 0 Å². The summed E-state index contributed by atoms with van der Waals surface area (Å²) in [7, 11) is 0. The van der Waals surface area contributed by atoms with Crippen molar-refractivity contribution in [3.63, 3.8) is 0 Å². The first-order chi connectivity index (χ1) is 10.1. The standard InChI is InChI=1S/C14H15N3O4/c18-12(16-21)6-5-10-3-1-2-4-11(10)14(20)17-8-7-15-13(19)9-17/h1-6,21H,7-9H2,(H,15,19)(H,16,18). The molecule has 0 bridgehead atoms. The second-order valence-electron chi connectivity index (χ2n) is 4.47. The molecule has 110 valence electrons. The molecule has 21 heavy (non-hydrogen) atoms. The van der Waals surface area contributed by atoms with Crippen LogP contribution in [-0.4, -0.2) is 47.5 Å². The molecule has 3 amide bonds. The van der Waals surface area contributed by atoms with Crippen molar-refractivity contribution in [1.82, 2.24) is 15.7 Å². The summed E-state index contributed by atoms with van der Waals surface area (Å²) in [6.07, 6.45) is 2.55. The predicted molar refractivity (Wildman–Crippen MR) is 74.3 cm³/mol. The number of hydrogen-bond acceptors (Lipinski definition) is 4. The van der Waals surface area contributed by atoms with Crippen molar-refractivity contribution in [2.45, 2.75) is 0 Å². The summed E-state index contributed by atoms with van der Waals surface area (Å²) in [5, 5.41) is 11.1. The molecule has 3 N–H and O–H groups in total. The van der Waals surface area contributed by atoms with Crippen molar-refractivity contribution in [2.24, 2.45) is 0 Å². The first-order valence-electron chi connectivity index (χ1n) is 6.39. The van der Waals surface area contributed by atoms with Crippen molar-refractivity contribution < 1.29 is 19.6 Å². The predicted octanol–water partition coefficient (Wildman–Crippen LogP) is -0.223. The van der Waals surface area contributed by atoms with Gasteiger partial charge in [0, 0.05) is 24.7 Å². The van der Waals surface area contributed by atoms with Gasteiger partial charge in [0.05, 0.1) is 6.54 Å². The average Bonchev–Trinajstić information content (AvgIpc) is 2.52. The third-order valence-electron chi connectivity index (χ3n) is 3.04. The Balaban J connectivity index is 2.22. The molecule has 1 saturated heterocycles. The van der Waals surface area contributed by atoms with E-state index in [0.717, 1.165) is 6.08 Å². The first-order valence-corrected chi connectivity index (χ1v) is 6.39. The molecule has 0 spiro atoms. The normalized spacial score (nSPS) is 14.9. The molecular weight excluding hydrogens is 274 g/mol. The number of benzene rings is 1. The van der Waals surface area contributed by atoms with E-state index in [1.807, 2.05) is 0 Å². The number of hydroxylamine groups is 1. The number of carbonyl (C=O) groups excluding carboxylic acids is 3. The molecule has 7 heteroatoms. The van der Waals surface area contributed by atoms with Gasteiger partial charge in [-0.15, -0.1) is 0 Å². The Bertz CT molecular complexity index is 598. The second kappa shape index (κ2) is 6.67. The second-order valence-corrected chi connectivity index (χ2v) is 4.47. The zero-order valence-corrected chi connectivity index (χ0v) is 11.2. The maximum absolute atomic E-state index is 12.4. The van der Waals surface area contributed by atoms with Gasteiger partial charge in [-0.3, -0.25) is 19.6 Å². The van der Waals surface area contributed by atoms with Gasteiger partial charge in [0.1, 0.15) is 0 Å². The van der Waals surface area contributed by atoms with Gasteiger partial charge in [0.15, 0.2) is 0 Å². The van der Waals surface area contributed by atoms with E-state index in [4.69, 9.17) is 5.21 Å². The molecule has 0 radical (unpaired) electrons. The first kappa shape index (κ1) is 14.7. The number of nitrogens with zero attached hydrogens (tertiary/aromatic N) is 1. The number of rotatable bonds is 3. The molecule has 0 aromatic heterocycles. The Morgan fingerprint density at radius 1 is 1.33 bits per heavy atom. The van der Waals surface area contributed by atoms with E-state index < -0.39 is 5.91 Å². The highest BCUT2D eigenvalue weighted by molar-refractivity contribution is 6.01. The monoisotopic (exact) mass is 289 g/mol. The van der Waals surface area contributed by atoms with Gasteiger partial charge in [-0.25, -0.2) is 5.48 Å². The minimum absolute atomic E-state index is 0.0218. The van der Waals surface area contributed by atoms with Gasteiger partial charge in [-0.2, -0.15) is 0 Å². The Kier molecular flexibility index (Phi) is 4.68. The lowest BCUT2D eigenvalue weighted by Crippen LogP contribution is -2.50. The van der Waals surface area contributed by atoms with Crippen LogP contribution in [0.1, 0.15) is 15.9 Å². The Hall–Kier alpha value is -2.67. The van der Waals surface area contributed by atoms with Crippen LogP contribution < -0.4 is 10.8 Å². The fraction of sp³-hybridized carbons (Fsp3) is 0.214. The maximum atomic E-state index is 12.4. The molecule has 1 aromatic rings. The number of carbonyl (C=O) groups is 3. The van der Waals surface area contributed by atoms with E-state index in [1.54, 1.807) is 24.3 Å². The van der Waals surface area contributed by atoms with Crippen LogP contribution >= 0.6 is 0 Å². The van der Waals surface area contributed by atoms with Crippen LogP contribution in [0, 0.1) is 0 Å². The van der Waals surface area contributed by atoms with E-state index in [-0.39, 0.29) is 18.4 Å². The Morgan fingerprint density at radius 3 is 2.81 bits per heavy atom. The molecule has 0 atom stereocenters. The van der Waals surface area contributed by atoms with E-state index >= 15 is 0 Å². The van der Waals surface area contributed by atoms with Crippen molar-refractivity contribution in [2.75, 3.05) is 19.6 Å². The largest absolute Gasteiger partial charge is 0.353 e. The number of amides is 3. The molecule has 0 unspecified atom stereocenters. The van der Waals surface area contributed by atoms with Crippen molar-refractivity contribution in [1.29, 1.82) is 0 Å². The molecule has 0 saturated carbocycles. The third-order valence-corrected chi connectivity index (χ3v) is 3.04. The van der Waals surface area contributed by atoms with Gasteiger partial charge in [-0.1, -0.05) is 18.2 Å². The zero-order valence-electron chi connectivity index (χ0n) is 11.2. The zero-order chi connectivity index (χ0) is 15.2. The van der Waals surface area contributed by atoms with Gasteiger partial charge >= 0.3 is 0 Å². The van der Waals surface area contributed by atoms with Crippen molar-refractivity contribution in [3.8, 4) is 0 Å². The molecule has 0 aliphatic carbocycles. The lowest BCUT2D eigenvalue weighted by atomic mass is 10.1. The van der Waals surface area contributed by atoms with Crippen LogP contribution in [0.5, 0.6) is 0 Å². The van der Waals surface area contributed by atoms with Crippen LogP contribution in [0.25, 0.3) is 6.08 Å². The van der Waals surface area contributed by atoms with Gasteiger partial charge in [-0.05, 0) is 17.7 Å². The molecule has 1 heterocycles. The summed E-state index contributed by atoms with van der Waals surface area (Å²) < 4.78 is 0. The fourth-order valence-corrected chi connectivity index (χ4v) is 2.02. The number of piperazine rings is 1. The third kappa shape index (κ3) is 3.67. The van der Waals surface area contributed by atoms with Gasteiger partial charge in [0.2, 0.25) is 5.91 Å². The summed E-state index contributed by atoms with van der Waals surface area (Å²) in [5.74, 6) is -1.15. The number of nitrogens with one attached hydrogen (secondary N) is 2. The summed E-state index contributed by atoms with van der Waals surface area (Å²) in [6.45, 7) is 0.892. The summed E-state index contributed by atoms with van der Waals surface area (Å²) in [6, 6.07) is 6.75. The fourth-order valence-electron chi connectivity index (χ4n) is 2.02. The highest BCUT2D eigenvalue weighted by Gasteiger charge is 2.23. The topological polar surface area (TPSA) is 98.7 Å². The van der Waals surface area contributed by atoms with Crippen LogP contribution in [0.4, 0.5) is 0 Å². The van der Waals surface area contributed by atoms with Crippen molar-refractivity contribution >= 4 is 23.8 Å². The molecular formula is C14H15N3O4. The summed E-state index contributed by atoms with van der Waals surface area (Å²) >= 11 is 0. The minimum atomic E-state index is -0.686. The summed E-state index contributed by atoms with van der Waals surface area (Å²) in [4.78, 5) is 36.3. The molecule has 1 aromatic carbocycles. The maximum Gasteiger partial charge on any atom is 0.267 e. The Labute approximate surface area is 121 Å². The number of hydrogen-bond donors (Lipinski definition) is 3. The van der Waals surface area contributed by atoms with Crippen LogP contribution in [-0.2, 0) is 9.59 Å². The summed E-state index contributed by atoms with van der Waals surface area (Å²) in [5.41, 5.74) is 2.42. The molecule has 2 rings (SSSR count). The quantitative estimate of drug-likeness (QED) is 0.407. The lowest BCUT2D eigenvalue weighted by molar-refractivity contribution is -0.124. The van der Waals surface area contributed by atoms with E-state index in [9.17, 15) is 14.4 Å². The lowest BCUT2D eigenvalue weighted by Gasteiger charge is -2.27. The van der Waals surface area contributed by atoms with Crippen molar-refractivity contribution in [3.05, 3.63) is 41.5 Å². The Morgan fingerprint density at radius 2 is 2.10 bits per heavy atom. The van der Waals surface area contributed by atoms with E-state index in [2.05, 4.69) is 5.32 Å². The average molecular weight is 289 g/mol. The van der Waals surface area contributed by atoms with E-state index in [1.165, 1.54) is 16.5 Å². The van der Waals surface area contributed by atoms with Crippen LogP contribution in [0.2, 0.25) is 0 Å². The molecule has 1 fully saturated rings. The highest BCUT2D eigenvalue weighted by atomic mass is 16.5.